The zero-order valence-electron chi connectivity index (χ0n) is 23.2. The van der Waals surface area contributed by atoms with Crippen LogP contribution < -0.4 is 16.0 Å². The van der Waals surface area contributed by atoms with Gasteiger partial charge in [0.2, 0.25) is 5.91 Å². The highest BCUT2D eigenvalue weighted by molar-refractivity contribution is 6.08. The molecular weight excluding hydrogens is 516 g/mol. The highest BCUT2D eigenvalue weighted by Gasteiger charge is 2.25. The molecule has 0 aliphatic carbocycles. The lowest BCUT2D eigenvalue weighted by Crippen LogP contribution is -2.47. The van der Waals surface area contributed by atoms with Crippen molar-refractivity contribution in [3.05, 3.63) is 113 Å². The number of alkyl carbamates (subject to hydrolysis) is 1. The van der Waals surface area contributed by atoms with Crippen LogP contribution in [0.4, 0.5) is 10.5 Å². The van der Waals surface area contributed by atoms with Crippen molar-refractivity contribution in [2.45, 2.75) is 45.4 Å². The Morgan fingerprint density at radius 1 is 0.878 bits per heavy atom. The van der Waals surface area contributed by atoms with Crippen LogP contribution in [0, 0.1) is 11.3 Å². The number of carbonyl (C=O) groups is 3. The summed E-state index contributed by atoms with van der Waals surface area (Å²) in [7, 11) is 0. The van der Waals surface area contributed by atoms with Crippen molar-refractivity contribution < 1.29 is 19.1 Å². The number of hydrogen-bond donors (Lipinski definition) is 3. The largest absolute Gasteiger partial charge is 0.444 e. The second-order valence-corrected chi connectivity index (χ2v) is 10.6. The number of hydrogen-bond acceptors (Lipinski definition) is 5. The molecule has 3 N–H and O–H groups in total. The predicted molar refractivity (Wildman–Crippen MR) is 158 cm³/mol. The van der Waals surface area contributed by atoms with Gasteiger partial charge in [-0.1, -0.05) is 60.7 Å². The molecule has 0 heterocycles. The summed E-state index contributed by atoms with van der Waals surface area (Å²) in [5.74, 6) is -0.628. The van der Waals surface area contributed by atoms with Crippen LogP contribution >= 0.6 is 0 Å². The summed E-state index contributed by atoms with van der Waals surface area (Å²) in [6.45, 7) is 5.60. The topological polar surface area (TPSA) is 120 Å². The van der Waals surface area contributed by atoms with E-state index in [2.05, 4.69) is 22.0 Å². The molecule has 0 saturated carbocycles. The smallest absolute Gasteiger partial charge is 0.408 e. The van der Waals surface area contributed by atoms with E-state index in [4.69, 9.17) is 10.00 Å². The Bertz CT molecular complexity index is 1590. The van der Waals surface area contributed by atoms with E-state index >= 15 is 0 Å². The maximum atomic E-state index is 13.3. The summed E-state index contributed by atoms with van der Waals surface area (Å²) in [6.07, 6.45) is -0.396. The fourth-order valence-electron chi connectivity index (χ4n) is 4.27. The number of nitrogens with zero attached hydrogens (tertiary/aromatic N) is 1. The Morgan fingerprint density at radius 3 is 2.29 bits per heavy atom. The van der Waals surface area contributed by atoms with Crippen LogP contribution in [0.5, 0.6) is 0 Å². The zero-order chi connectivity index (χ0) is 29.4. The first-order valence-corrected chi connectivity index (χ1v) is 13.3. The Balaban J connectivity index is 1.48. The molecule has 208 valence electrons. The molecule has 0 saturated heterocycles. The standard InChI is InChI=1S/C33H32N4O4/c1-33(2,3)41-32(40)37-29(18-22-8-5-4-6-9-22)31(39)36-26-16-17-27-25(19-26)10-7-11-28(27)30(38)35-21-24-14-12-23(20-34)13-15-24/h4-17,19,29H,18,21H2,1-3H3,(H,35,38)(H,36,39)(H,37,40). The highest BCUT2D eigenvalue weighted by Crippen LogP contribution is 2.23. The third-order valence-electron chi connectivity index (χ3n) is 6.22. The van der Waals surface area contributed by atoms with Crippen LogP contribution in [0.2, 0.25) is 0 Å². The molecule has 41 heavy (non-hydrogen) atoms. The molecule has 4 aromatic carbocycles. The molecule has 4 aromatic rings. The number of nitrogens with one attached hydrogen (secondary N) is 3. The van der Waals surface area contributed by atoms with Gasteiger partial charge in [0.05, 0.1) is 11.6 Å². The minimum Gasteiger partial charge on any atom is -0.444 e. The van der Waals surface area contributed by atoms with Crippen molar-refractivity contribution in [1.82, 2.24) is 10.6 Å². The van der Waals surface area contributed by atoms with Gasteiger partial charge in [0.15, 0.2) is 0 Å². The molecule has 1 unspecified atom stereocenters. The Labute approximate surface area is 239 Å². The highest BCUT2D eigenvalue weighted by atomic mass is 16.6. The SMILES string of the molecule is CC(C)(C)OC(=O)NC(Cc1ccccc1)C(=O)Nc1ccc2c(C(=O)NCc3ccc(C#N)cc3)cccc2c1. The fourth-order valence-corrected chi connectivity index (χ4v) is 4.27. The van der Waals surface area contributed by atoms with Crippen molar-refractivity contribution in [2.24, 2.45) is 0 Å². The van der Waals surface area contributed by atoms with Gasteiger partial charge in [-0.3, -0.25) is 9.59 Å². The van der Waals surface area contributed by atoms with Gasteiger partial charge in [-0.05, 0) is 73.0 Å². The van der Waals surface area contributed by atoms with Crippen LogP contribution in [-0.4, -0.2) is 29.6 Å². The number of nitriles is 1. The minimum atomic E-state index is -0.873. The van der Waals surface area contributed by atoms with E-state index in [-0.39, 0.29) is 12.3 Å². The predicted octanol–water partition coefficient (Wildman–Crippen LogP) is 5.72. The Kier molecular flexibility index (Phi) is 9.00. The number of anilines is 1. The molecule has 8 nitrogen and oxygen atoms in total. The van der Waals surface area contributed by atoms with Crippen molar-refractivity contribution in [3.8, 4) is 6.07 Å². The van der Waals surface area contributed by atoms with Gasteiger partial charge in [0, 0.05) is 24.2 Å². The lowest BCUT2D eigenvalue weighted by atomic mass is 10.0. The maximum Gasteiger partial charge on any atom is 0.408 e. The summed E-state index contributed by atoms with van der Waals surface area (Å²) in [5.41, 5.74) is 2.65. The van der Waals surface area contributed by atoms with Gasteiger partial charge in [-0.25, -0.2) is 4.79 Å². The zero-order valence-corrected chi connectivity index (χ0v) is 23.2. The summed E-state index contributed by atoms with van der Waals surface area (Å²) in [4.78, 5) is 38.8. The molecule has 0 aliphatic heterocycles. The monoisotopic (exact) mass is 548 g/mol. The minimum absolute atomic E-state index is 0.235. The van der Waals surface area contributed by atoms with Crippen LogP contribution in [0.1, 0.15) is 47.8 Å². The van der Waals surface area contributed by atoms with E-state index in [0.29, 0.717) is 23.4 Å². The Morgan fingerprint density at radius 2 is 1.61 bits per heavy atom. The number of ether oxygens (including phenoxy) is 1. The second-order valence-electron chi connectivity index (χ2n) is 10.6. The maximum absolute atomic E-state index is 13.3. The van der Waals surface area contributed by atoms with Crippen molar-refractivity contribution in [2.75, 3.05) is 5.32 Å². The molecule has 1 atom stereocenters. The van der Waals surface area contributed by atoms with Gasteiger partial charge in [-0.2, -0.15) is 5.26 Å². The van der Waals surface area contributed by atoms with Gasteiger partial charge in [-0.15, -0.1) is 0 Å². The molecule has 0 aromatic heterocycles. The summed E-state index contributed by atoms with van der Waals surface area (Å²) < 4.78 is 5.38. The van der Waals surface area contributed by atoms with Crippen LogP contribution in [-0.2, 0) is 22.5 Å². The quantitative estimate of drug-likeness (QED) is 0.260. The summed E-state index contributed by atoms with van der Waals surface area (Å²) in [5, 5.41) is 19.0. The number of carbonyl (C=O) groups excluding carboxylic acids is 3. The lowest BCUT2D eigenvalue weighted by Gasteiger charge is -2.23. The third-order valence-corrected chi connectivity index (χ3v) is 6.22. The molecule has 0 radical (unpaired) electrons. The lowest BCUT2D eigenvalue weighted by molar-refractivity contribution is -0.118. The fraction of sp³-hybridized carbons (Fsp3) is 0.212. The average molecular weight is 549 g/mol. The first-order valence-electron chi connectivity index (χ1n) is 13.3. The Hall–Kier alpha value is -5.16. The molecule has 0 fully saturated rings. The van der Waals surface area contributed by atoms with Gasteiger partial charge in [0.25, 0.3) is 5.91 Å². The van der Waals surface area contributed by atoms with E-state index in [1.807, 2.05) is 36.4 Å². The molecule has 8 heteroatoms. The van der Waals surface area contributed by atoms with E-state index in [9.17, 15) is 14.4 Å². The second kappa shape index (κ2) is 12.8. The normalized spacial score (nSPS) is 11.7. The molecule has 0 spiro atoms. The summed E-state index contributed by atoms with van der Waals surface area (Å²) in [6, 6.07) is 28.3. The van der Waals surface area contributed by atoms with Gasteiger partial charge >= 0.3 is 6.09 Å². The van der Waals surface area contributed by atoms with Gasteiger partial charge in [0.1, 0.15) is 11.6 Å². The van der Waals surface area contributed by atoms with Gasteiger partial charge < -0.3 is 20.7 Å². The van der Waals surface area contributed by atoms with Crippen molar-refractivity contribution >= 4 is 34.4 Å². The number of rotatable bonds is 8. The molecular formula is C33H32N4O4. The number of fused-ring (bicyclic) bond motifs is 1. The third kappa shape index (κ3) is 8.16. The van der Waals surface area contributed by atoms with Crippen LogP contribution in [0.25, 0.3) is 10.8 Å². The van der Waals surface area contributed by atoms with Crippen molar-refractivity contribution in [3.63, 3.8) is 0 Å². The van der Waals surface area contributed by atoms with E-state index in [1.165, 1.54) is 0 Å². The number of benzene rings is 4. The van der Waals surface area contributed by atoms with E-state index < -0.39 is 23.6 Å². The molecule has 0 aliphatic rings. The average Bonchev–Trinajstić information content (AvgIpc) is 2.95. The van der Waals surface area contributed by atoms with Crippen molar-refractivity contribution in [1.29, 1.82) is 5.26 Å². The van der Waals surface area contributed by atoms with Crippen LogP contribution in [0.15, 0.2) is 91.0 Å². The summed E-state index contributed by atoms with van der Waals surface area (Å²) >= 11 is 0. The van der Waals surface area contributed by atoms with E-state index in [1.54, 1.807) is 75.4 Å². The first kappa shape index (κ1) is 28.8. The van der Waals surface area contributed by atoms with E-state index in [0.717, 1.165) is 21.9 Å². The first-order chi connectivity index (χ1) is 19.6. The molecule has 4 rings (SSSR count). The molecule has 0 bridgehead atoms. The van der Waals surface area contributed by atoms with Crippen LogP contribution in [0.3, 0.4) is 0 Å². The molecule has 3 amide bonds. The number of amides is 3.